The lowest BCUT2D eigenvalue weighted by Crippen LogP contribution is -2.42. The summed E-state index contributed by atoms with van der Waals surface area (Å²) in [6, 6.07) is 5.36. The lowest BCUT2D eigenvalue weighted by atomic mass is 10.0. The van der Waals surface area contributed by atoms with Crippen molar-refractivity contribution in [2.24, 2.45) is 0 Å². The highest BCUT2D eigenvalue weighted by molar-refractivity contribution is 5.97. The van der Waals surface area contributed by atoms with Crippen molar-refractivity contribution in [3.8, 4) is 0 Å². The van der Waals surface area contributed by atoms with Crippen molar-refractivity contribution in [1.29, 1.82) is 0 Å². The van der Waals surface area contributed by atoms with Gasteiger partial charge in [-0.1, -0.05) is 6.07 Å². The average Bonchev–Trinajstić information content (AvgIpc) is 2.32. The van der Waals surface area contributed by atoms with Gasteiger partial charge in [-0.2, -0.15) is 0 Å². The Morgan fingerprint density at radius 2 is 2.29 bits per heavy atom. The van der Waals surface area contributed by atoms with Gasteiger partial charge in [0.15, 0.2) is 0 Å². The second-order valence-corrected chi connectivity index (χ2v) is 4.57. The van der Waals surface area contributed by atoms with Crippen LogP contribution < -0.4 is 5.73 Å². The summed E-state index contributed by atoms with van der Waals surface area (Å²) >= 11 is 0. The van der Waals surface area contributed by atoms with E-state index in [2.05, 4.69) is 0 Å². The first-order valence-corrected chi connectivity index (χ1v) is 5.92. The van der Waals surface area contributed by atoms with Crippen molar-refractivity contribution < 1.29 is 9.90 Å². The van der Waals surface area contributed by atoms with Gasteiger partial charge in [-0.15, -0.1) is 0 Å². The maximum atomic E-state index is 12.3. The molecule has 4 nitrogen and oxygen atoms in total. The van der Waals surface area contributed by atoms with Crippen molar-refractivity contribution in [3.05, 3.63) is 29.3 Å². The molecule has 1 aliphatic heterocycles. The molecular weight excluding hydrogens is 216 g/mol. The van der Waals surface area contributed by atoms with E-state index in [1.54, 1.807) is 23.1 Å². The number of nitrogens with zero attached hydrogens (tertiary/aromatic N) is 1. The van der Waals surface area contributed by atoms with Crippen LogP contribution >= 0.6 is 0 Å². The normalized spacial score (nSPS) is 20.4. The Kier molecular flexibility index (Phi) is 3.33. The summed E-state index contributed by atoms with van der Waals surface area (Å²) in [7, 11) is 0. The molecule has 0 saturated carbocycles. The van der Waals surface area contributed by atoms with Gasteiger partial charge in [0.05, 0.1) is 6.10 Å². The zero-order valence-electron chi connectivity index (χ0n) is 10.0. The van der Waals surface area contributed by atoms with Gasteiger partial charge in [0.25, 0.3) is 5.91 Å². The van der Waals surface area contributed by atoms with Crippen LogP contribution in [0, 0.1) is 6.92 Å². The van der Waals surface area contributed by atoms with E-state index in [-0.39, 0.29) is 5.91 Å². The molecule has 1 heterocycles. The minimum absolute atomic E-state index is 0.0337. The van der Waals surface area contributed by atoms with Gasteiger partial charge in [0.1, 0.15) is 0 Å². The lowest BCUT2D eigenvalue weighted by Gasteiger charge is -2.30. The molecule has 1 saturated heterocycles. The van der Waals surface area contributed by atoms with E-state index in [1.165, 1.54) is 0 Å². The van der Waals surface area contributed by atoms with Crippen LogP contribution in [0.5, 0.6) is 0 Å². The van der Waals surface area contributed by atoms with Crippen LogP contribution in [-0.2, 0) is 0 Å². The summed E-state index contributed by atoms with van der Waals surface area (Å²) in [5, 5.41) is 9.58. The Bertz CT molecular complexity index is 431. The number of anilines is 1. The number of rotatable bonds is 1. The number of amides is 1. The van der Waals surface area contributed by atoms with Crippen LogP contribution in [0.3, 0.4) is 0 Å². The topological polar surface area (TPSA) is 66.6 Å². The zero-order chi connectivity index (χ0) is 12.4. The van der Waals surface area contributed by atoms with Gasteiger partial charge in [-0.25, -0.2) is 0 Å². The molecule has 1 aromatic rings. The summed E-state index contributed by atoms with van der Waals surface area (Å²) in [5.74, 6) is -0.0337. The first-order chi connectivity index (χ1) is 8.09. The molecule has 4 heteroatoms. The number of nitrogens with two attached hydrogens (primary N) is 1. The highest BCUT2D eigenvalue weighted by Crippen LogP contribution is 2.19. The van der Waals surface area contributed by atoms with Gasteiger partial charge in [0.2, 0.25) is 0 Å². The van der Waals surface area contributed by atoms with E-state index in [0.29, 0.717) is 24.3 Å². The summed E-state index contributed by atoms with van der Waals surface area (Å²) in [4.78, 5) is 14.0. The summed E-state index contributed by atoms with van der Waals surface area (Å²) in [5.41, 5.74) is 7.88. The number of β-amino-alcohol motifs (C(OH)–C–C–N with tert-alkyl or cyclic N) is 1. The molecule has 0 bridgehead atoms. The highest BCUT2D eigenvalue weighted by Gasteiger charge is 2.24. The average molecular weight is 234 g/mol. The molecule has 0 aromatic heterocycles. The summed E-state index contributed by atoms with van der Waals surface area (Å²) < 4.78 is 0. The number of benzene rings is 1. The van der Waals surface area contributed by atoms with Crippen molar-refractivity contribution in [3.63, 3.8) is 0 Å². The van der Waals surface area contributed by atoms with Crippen molar-refractivity contribution >= 4 is 11.6 Å². The summed E-state index contributed by atoms with van der Waals surface area (Å²) in [6.07, 6.45) is 1.24. The van der Waals surface area contributed by atoms with Crippen molar-refractivity contribution in [2.45, 2.75) is 25.9 Å². The van der Waals surface area contributed by atoms with Crippen LogP contribution in [0.1, 0.15) is 28.8 Å². The highest BCUT2D eigenvalue weighted by atomic mass is 16.3. The predicted molar refractivity (Wildman–Crippen MR) is 66.7 cm³/mol. The third-order valence-corrected chi connectivity index (χ3v) is 3.29. The Labute approximate surface area is 101 Å². The Morgan fingerprint density at radius 1 is 1.53 bits per heavy atom. The number of likely N-dealkylation sites (tertiary alicyclic amines) is 1. The van der Waals surface area contributed by atoms with E-state index in [9.17, 15) is 9.90 Å². The summed E-state index contributed by atoms with van der Waals surface area (Å²) in [6.45, 7) is 2.99. The number of nitrogen functional groups attached to an aromatic ring is 1. The number of carbonyl (C=O) groups excluding carboxylic acids is 1. The third kappa shape index (κ3) is 2.42. The number of carbonyl (C=O) groups is 1. The van der Waals surface area contributed by atoms with Gasteiger partial charge in [-0.05, 0) is 37.5 Å². The fourth-order valence-corrected chi connectivity index (χ4v) is 2.19. The molecule has 0 spiro atoms. The molecule has 1 aliphatic rings. The molecule has 1 atom stereocenters. The minimum Gasteiger partial charge on any atom is -0.398 e. The Hall–Kier alpha value is -1.55. The van der Waals surface area contributed by atoms with E-state index >= 15 is 0 Å². The van der Waals surface area contributed by atoms with Gasteiger partial charge >= 0.3 is 0 Å². The van der Waals surface area contributed by atoms with E-state index in [4.69, 9.17) is 5.73 Å². The Balaban J connectivity index is 2.22. The largest absolute Gasteiger partial charge is 0.398 e. The van der Waals surface area contributed by atoms with Crippen molar-refractivity contribution in [1.82, 2.24) is 4.90 Å². The molecule has 0 radical (unpaired) electrons. The molecule has 0 unspecified atom stereocenters. The van der Waals surface area contributed by atoms with Crippen molar-refractivity contribution in [2.75, 3.05) is 18.8 Å². The maximum Gasteiger partial charge on any atom is 0.254 e. The standard InChI is InChI=1S/C13H18N2O2/c1-9-11(5-2-6-12(9)14)13(17)15-7-3-4-10(16)8-15/h2,5-6,10,16H,3-4,7-8,14H2,1H3/t10-/m0/s1. The number of aliphatic hydroxyl groups excluding tert-OH is 1. The first kappa shape index (κ1) is 11.9. The molecule has 3 N–H and O–H groups in total. The Morgan fingerprint density at radius 3 is 3.00 bits per heavy atom. The van der Waals surface area contributed by atoms with Gasteiger partial charge in [0, 0.05) is 24.3 Å². The number of piperidine rings is 1. The molecule has 92 valence electrons. The monoisotopic (exact) mass is 234 g/mol. The second-order valence-electron chi connectivity index (χ2n) is 4.57. The molecular formula is C13H18N2O2. The third-order valence-electron chi connectivity index (χ3n) is 3.29. The molecule has 0 aliphatic carbocycles. The fourth-order valence-electron chi connectivity index (χ4n) is 2.19. The lowest BCUT2D eigenvalue weighted by molar-refractivity contribution is 0.0473. The van der Waals surface area contributed by atoms with Crippen LogP contribution in [0.15, 0.2) is 18.2 Å². The smallest absolute Gasteiger partial charge is 0.254 e. The van der Waals surface area contributed by atoms with Crippen LogP contribution in [-0.4, -0.2) is 35.1 Å². The molecule has 1 fully saturated rings. The molecule has 1 aromatic carbocycles. The number of hydrogen-bond donors (Lipinski definition) is 2. The van der Waals surface area contributed by atoms with Gasteiger partial charge in [-0.3, -0.25) is 4.79 Å². The van der Waals surface area contributed by atoms with Gasteiger partial charge < -0.3 is 15.7 Å². The van der Waals surface area contributed by atoms with Crippen LogP contribution in [0.25, 0.3) is 0 Å². The molecule has 2 rings (SSSR count). The first-order valence-electron chi connectivity index (χ1n) is 5.92. The number of hydrogen-bond acceptors (Lipinski definition) is 3. The zero-order valence-corrected chi connectivity index (χ0v) is 10.0. The predicted octanol–water partition coefficient (Wildman–Crippen LogP) is 1.17. The SMILES string of the molecule is Cc1c(N)cccc1C(=O)N1CCC[C@H](O)C1. The molecule has 1 amide bonds. The molecule has 17 heavy (non-hydrogen) atoms. The van der Waals surface area contributed by atoms with E-state index in [1.807, 2.05) is 6.92 Å². The van der Waals surface area contributed by atoms with E-state index in [0.717, 1.165) is 18.4 Å². The quantitative estimate of drug-likeness (QED) is 0.717. The minimum atomic E-state index is -0.394. The maximum absolute atomic E-state index is 12.3. The number of aliphatic hydroxyl groups is 1. The fraction of sp³-hybridized carbons (Fsp3) is 0.462. The van der Waals surface area contributed by atoms with Crippen LogP contribution in [0.4, 0.5) is 5.69 Å². The second kappa shape index (κ2) is 4.75. The van der Waals surface area contributed by atoms with Crippen LogP contribution in [0.2, 0.25) is 0 Å². The van der Waals surface area contributed by atoms with E-state index < -0.39 is 6.10 Å².